The van der Waals surface area contributed by atoms with E-state index in [1.165, 1.54) is 0 Å². The maximum atomic E-state index is 5.89. The summed E-state index contributed by atoms with van der Waals surface area (Å²) in [6.07, 6.45) is 3.53. The Hall–Kier alpha value is -2.94. The van der Waals surface area contributed by atoms with Gasteiger partial charge >= 0.3 is 0 Å². The second-order valence-electron chi connectivity index (χ2n) is 4.78. The van der Waals surface area contributed by atoms with Crippen molar-refractivity contribution in [3.8, 4) is 22.9 Å². The lowest BCUT2D eigenvalue weighted by atomic mass is 10.1. The van der Waals surface area contributed by atoms with Crippen LogP contribution in [0.25, 0.3) is 33.7 Å². The summed E-state index contributed by atoms with van der Waals surface area (Å²) in [7, 11) is 0. The summed E-state index contributed by atoms with van der Waals surface area (Å²) in [5, 5.41) is 2.17. The van der Waals surface area contributed by atoms with Gasteiger partial charge in [-0.15, -0.1) is 0 Å². The average molecular weight is 272 g/mol. The minimum Gasteiger partial charge on any atom is -0.435 e. The molecule has 21 heavy (non-hydrogen) atoms. The van der Waals surface area contributed by atoms with Crippen LogP contribution in [0.1, 0.15) is 0 Å². The van der Waals surface area contributed by atoms with Crippen molar-refractivity contribution in [3.05, 3.63) is 73.1 Å². The van der Waals surface area contributed by atoms with E-state index in [4.69, 9.17) is 4.42 Å². The topological polar surface area (TPSA) is 38.9 Å². The van der Waals surface area contributed by atoms with Crippen molar-refractivity contribution in [2.45, 2.75) is 0 Å². The number of fused-ring (bicyclic) bond motifs is 1. The Morgan fingerprint density at radius 2 is 1.57 bits per heavy atom. The summed E-state index contributed by atoms with van der Waals surface area (Å²) < 4.78 is 5.89. The number of hydrogen-bond donors (Lipinski definition) is 0. The minimum absolute atomic E-state index is 0.547. The zero-order chi connectivity index (χ0) is 14.1. The Kier molecular flexibility index (Phi) is 2.75. The Labute approximate surface area is 121 Å². The summed E-state index contributed by atoms with van der Waals surface area (Å²) in [6, 6.07) is 20.0. The van der Waals surface area contributed by atoms with Crippen LogP contribution in [-0.2, 0) is 0 Å². The average Bonchev–Trinajstić information content (AvgIpc) is 3.05. The first-order chi connectivity index (χ1) is 10.4. The summed E-state index contributed by atoms with van der Waals surface area (Å²) in [5.41, 5.74) is 1.78. The summed E-state index contributed by atoms with van der Waals surface area (Å²) >= 11 is 0. The first-order valence-electron chi connectivity index (χ1n) is 6.77. The normalized spacial score (nSPS) is 10.9. The van der Waals surface area contributed by atoms with Gasteiger partial charge in [-0.05, 0) is 11.5 Å². The Morgan fingerprint density at radius 3 is 2.48 bits per heavy atom. The van der Waals surface area contributed by atoms with Gasteiger partial charge in [-0.3, -0.25) is 4.98 Å². The molecule has 0 bridgehead atoms. The number of pyridine rings is 1. The number of oxazole rings is 1. The molecule has 4 rings (SSSR count). The van der Waals surface area contributed by atoms with Crippen molar-refractivity contribution in [1.82, 2.24) is 9.97 Å². The van der Waals surface area contributed by atoms with Gasteiger partial charge in [-0.2, -0.15) is 0 Å². The van der Waals surface area contributed by atoms with Gasteiger partial charge in [0.1, 0.15) is 5.69 Å². The molecule has 0 aliphatic carbocycles. The predicted molar refractivity (Wildman–Crippen MR) is 82.7 cm³/mol. The number of rotatable bonds is 2. The van der Waals surface area contributed by atoms with E-state index in [2.05, 4.69) is 16.0 Å². The van der Waals surface area contributed by atoms with E-state index in [0.717, 1.165) is 27.8 Å². The van der Waals surface area contributed by atoms with Gasteiger partial charge in [0.2, 0.25) is 5.89 Å². The molecule has 2 heterocycles. The fourth-order valence-electron chi connectivity index (χ4n) is 2.41. The summed E-state index contributed by atoms with van der Waals surface area (Å²) in [5.74, 6) is 1.30. The van der Waals surface area contributed by atoms with Crippen LogP contribution in [0.3, 0.4) is 0 Å². The third kappa shape index (κ3) is 2.09. The van der Waals surface area contributed by atoms with Crippen LogP contribution >= 0.6 is 0 Å². The Balaban J connectivity index is 1.85. The Bertz CT molecular complexity index is 892. The molecular weight excluding hydrogens is 260 g/mol. The van der Waals surface area contributed by atoms with Crippen molar-refractivity contribution in [3.63, 3.8) is 0 Å². The SMILES string of the molecule is c1ccc(-c2cnc(-c3nccc4ccccc34)o2)cc1. The number of aromatic nitrogens is 2. The minimum atomic E-state index is 0.547. The molecule has 0 atom stereocenters. The van der Waals surface area contributed by atoms with Crippen LogP contribution < -0.4 is 0 Å². The van der Waals surface area contributed by atoms with Crippen LogP contribution in [0, 0.1) is 0 Å². The molecule has 0 aliphatic rings. The van der Waals surface area contributed by atoms with E-state index in [1.54, 1.807) is 12.4 Å². The lowest BCUT2D eigenvalue weighted by Gasteiger charge is -2.01. The maximum Gasteiger partial charge on any atom is 0.246 e. The fraction of sp³-hybridized carbons (Fsp3) is 0. The van der Waals surface area contributed by atoms with E-state index in [9.17, 15) is 0 Å². The molecule has 4 aromatic rings. The third-order valence-electron chi connectivity index (χ3n) is 3.44. The second kappa shape index (κ2) is 4.87. The molecule has 0 spiro atoms. The number of hydrogen-bond acceptors (Lipinski definition) is 3. The molecule has 0 aliphatic heterocycles. The molecule has 3 heteroatoms. The van der Waals surface area contributed by atoms with Crippen molar-refractivity contribution in [1.29, 1.82) is 0 Å². The molecular formula is C18H12N2O. The van der Waals surface area contributed by atoms with Gasteiger partial charge in [0.15, 0.2) is 5.76 Å². The molecule has 0 saturated heterocycles. The van der Waals surface area contributed by atoms with E-state index in [-0.39, 0.29) is 0 Å². The van der Waals surface area contributed by atoms with Gasteiger partial charge in [-0.1, -0.05) is 54.6 Å². The van der Waals surface area contributed by atoms with Gasteiger partial charge in [0, 0.05) is 17.1 Å². The van der Waals surface area contributed by atoms with Crippen LogP contribution in [0.5, 0.6) is 0 Å². The van der Waals surface area contributed by atoms with E-state index in [1.807, 2.05) is 54.6 Å². The van der Waals surface area contributed by atoms with E-state index >= 15 is 0 Å². The van der Waals surface area contributed by atoms with Crippen molar-refractivity contribution >= 4 is 10.8 Å². The lowest BCUT2D eigenvalue weighted by molar-refractivity contribution is 0.587. The molecule has 0 saturated carbocycles. The molecule has 0 radical (unpaired) electrons. The van der Waals surface area contributed by atoms with Crippen molar-refractivity contribution < 1.29 is 4.42 Å². The van der Waals surface area contributed by atoms with E-state index < -0.39 is 0 Å². The van der Waals surface area contributed by atoms with Crippen LogP contribution in [0.2, 0.25) is 0 Å². The monoisotopic (exact) mass is 272 g/mol. The lowest BCUT2D eigenvalue weighted by Crippen LogP contribution is -1.85. The second-order valence-corrected chi connectivity index (χ2v) is 4.78. The molecule has 0 amide bonds. The highest BCUT2D eigenvalue weighted by atomic mass is 16.4. The first-order valence-corrected chi connectivity index (χ1v) is 6.77. The molecule has 3 nitrogen and oxygen atoms in total. The zero-order valence-corrected chi connectivity index (χ0v) is 11.2. The van der Waals surface area contributed by atoms with Crippen molar-refractivity contribution in [2.75, 3.05) is 0 Å². The highest BCUT2D eigenvalue weighted by Gasteiger charge is 2.12. The maximum absolute atomic E-state index is 5.89. The summed E-state index contributed by atoms with van der Waals surface area (Å²) in [4.78, 5) is 8.81. The number of benzene rings is 2. The molecule has 0 fully saturated rings. The Morgan fingerprint density at radius 1 is 0.762 bits per heavy atom. The fourth-order valence-corrected chi connectivity index (χ4v) is 2.41. The molecule has 0 N–H and O–H groups in total. The summed E-state index contributed by atoms with van der Waals surface area (Å²) in [6.45, 7) is 0. The van der Waals surface area contributed by atoms with Gasteiger partial charge in [0.25, 0.3) is 0 Å². The molecule has 2 aromatic carbocycles. The van der Waals surface area contributed by atoms with Gasteiger partial charge in [-0.25, -0.2) is 4.98 Å². The highest BCUT2D eigenvalue weighted by Crippen LogP contribution is 2.29. The number of nitrogens with zero attached hydrogens (tertiary/aromatic N) is 2. The quantitative estimate of drug-likeness (QED) is 0.537. The van der Waals surface area contributed by atoms with E-state index in [0.29, 0.717) is 5.89 Å². The standard InChI is InChI=1S/C18H12N2O/c1-2-7-14(8-3-1)16-12-20-18(21-16)17-15-9-5-4-6-13(15)10-11-19-17/h1-12H. The molecule has 0 unspecified atom stereocenters. The molecule has 2 aromatic heterocycles. The highest BCUT2D eigenvalue weighted by molar-refractivity contribution is 5.92. The largest absolute Gasteiger partial charge is 0.435 e. The third-order valence-corrected chi connectivity index (χ3v) is 3.44. The predicted octanol–water partition coefficient (Wildman–Crippen LogP) is 4.56. The van der Waals surface area contributed by atoms with Gasteiger partial charge in [0.05, 0.1) is 6.20 Å². The van der Waals surface area contributed by atoms with Crippen molar-refractivity contribution in [2.24, 2.45) is 0 Å². The van der Waals surface area contributed by atoms with Crippen LogP contribution in [-0.4, -0.2) is 9.97 Å². The first kappa shape index (κ1) is 11.9. The van der Waals surface area contributed by atoms with Crippen LogP contribution in [0.4, 0.5) is 0 Å². The van der Waals surface area contributed by atoms with Gasteiger partial charge < -0.3 is 4.42 Å². The smallest absolute Gasteiger partial charge is 0.246 e. The van der Waals surface area contributed by atoms with Crippen LogP contribution in [0.15, 0.2) is 77.5 Å². The molecule has 100 valence electrons. The zero-order valence-electron chi connectivity index (χ0n) is 11.2.